The Balaban J connectivity index is 1.65. The van der Waals surface area contributed by atoms with Crippen LogP contribution in [-0.4, -0.2) is 17.5 Å². The van der Waals surface area contributed by atoms with Crippen LogP contribution in [0.25, 0.3) is 11.3 Å². The van der Waals surface area contributed by atoms with Crippen LogP contribution in [0, 0.1) is 20.8 Å². The first-order valence-electron chi connectivity index (χ1n) is 8.15. The van der Waals surface area contributed by atoms with Gasteiger partial charge in [-0.05, 0) is 56.2 Å². The number of anilines is 1. The Hall–Kier alpha value is -2.37. The van der Waals surface area contributed by atoms with E-state index >= 15 is 0 Å². The zero-order chi connectivity index (χ0) is 18.7. The maximum Gasteiger partial charge on any atom is 0.264 e. The Labute approximate surface area is 161 Å². The van der Waals surface area contributed by atoms with Crippen molar-refractivity contribution in [2.75, 3.05) is 11.9 Å². The summed E-state index contributed by atoms with van der Waals surface area (Å²) in [6.45, 7) is 5.90. The lowest BCUT2D eigenvalue weighted by molar-refractivity contribution is -0.118. The van der Waals surface area contributed by atoms with Gasteiger partial charge in [-0.15, -0.1) is 11.3 Å². The van der Waals surface area contributed by atoms with E-state index in [-0.39, 0.29) is 12.5 Å². The molecule has 4 nitrogen and oxygen atoms in total. The average Bonchev–Trinajstić information content (AvgIpc) is 2.92. The van der Waals surface area contributed by atoms with Crippen LogP contribution in [-0.2, 0) is 4.79 Å². The van der Waals surface area contributed by atoms with E-state index in [1.165, 1.54) is 11.3 Å². The molecule has 1 amide bonds. The van der Waals surface area contributed by atoms with Crippen molar-refractivity contribution in [3.63, 3.8) is 0 Å². The zero-order valence-electron chi connectivity index (χ0n) is 14.8. The number of aryl methyl sites for hydroxylation is 3. The van der Waals surface area contributed by atoms with Crippen molar-refractivity contribution in [2.45, 2.75) is 20.8 Å². The van der Waals surface area contributed by atoms with Crippen molar-refractivity contribution in [2.24, 2.45) is 0 Å². The molecule has 3 rings (SSSR count). The van der Waals surface area contributed by atoms with Crippen LogP contribution >= 0.6 is 22.9 Å². The van der Waals surface area contributed by atoms with Crippen LogP contribution in [0.3, 0.4) is 0 Å². The van der Waals surface area contributed by atoms with Gasteiger partial charge in [0.2, 0.25) is 0 Å². The third-order valence-electron chi connectivity index (χ3n) is 3.71. The van der Waals surface area contributed by atoms with Crippen LogP contribution in [0.5, 0.6) is 5.75 Å². The summed E-state index contributed by atoms with van der Waals surface area (Å²) in [6, 6.07) is 13.4. The summed E-state index contributed by atoms with van der Waals surface area (Å²) in [5.74, 6) is 0.447. The monoisotopic (exact) mass is 386 g/mol. The van der Waals surface area contributed by atoms with Crippen molar-refractivity contribution in [1.29, 1.82) is 0 Å². The molecule has 3 aromatic rings. The van der Waals surface area contributed by atoms with Gasteiger partial charge < -0.3 is 4.74 Å². The number of nitrogens with zero attached hydrogens (tertiary/aromatic N) is 1. The molecule has 0 radical (unpaired) electrons. The predicted molar refractivity (Wildman–Crippen MR) is 107 cm³/mol. The smallest absolute Gasteiger partial charge is 0.264 e. The van der Waals surface area contributed by atoms with E-state index < -0.39 is 0 Å². The van der Waals surface area contributed by atoms with E-state index in [2.05, 4.69) is 16.4 Å². The lowest BCUT2D eigenvalue weighted by Gasteiger charge is -2.07. The SMILES string of the molecule is Cc1cc(C)cc(OCC(=O)Nc2nc(-c3cccc(Cl)c3)c(C)s2)c1. The first-order chi connectivity index (χ1) is 12.4. The number of hydrogen-bond donors (Lipinski definition) is 1. The number of thiazole rings is 1. The number of amides is 1. The molecule has 134 valence electrons. The highest BCUT2D eigenvalue weighted by atomic mass is 35.5. The molecule has 0 fully saturated rings. The minimum absolute atomic E-state index is 0.0615. The summed E-state index contributed by atoms with van der Waals surface area (Å²) in [5.41, 5.74) is 3.95. The largest absolute Gasteiger partial charge is 0.484 e. The number of halogens is 1. The highest BCUT2D eigenvalue weighted by molar-refractivity contribution is 7.16. The van der Waals surface area contributed by atoms with Gasteiger partial charge in [0.1, 0.15) is 5.75 Å². The summed E-state index contributed by atoms with van der Waals surface area (Å²) < 4.78 is 5.59. The van der Waals surface area contributed by atoms with Gasteiger partial charge in [0, 0.05) is 15.5 Å². The lowest BCUT2D eigenvalue weighted by Crippen LogP contribution is -2.20. The second kappa shape index (κ2) is 7.89. The third kappa shape index (κ3) is 4.62. The number of aromatic nitrogens is 1. The van der Waals surface area contributed by atoms with E-state index in [1.54, 1.807) is 0 Å². The molecule has 0 bridgehead atoms. The number of nitrogens with one attached hydrogen (secondary N) is 1. The molecule has 0 unspecified atom stereocenters. The molecule has 26 heavy (non-hydrogen) atoms. The zero-order valence-corrected chi connectivity index (χ0v) is 16.4. The van der Waals surface area contributed by atoms with Crippen molar-refractivity contribution < 1.29 is 9.53 Å². The van der Waals surface area contributed by atoms with Gasteiger partial charge in [-0.2, -0.15) is 0 Å². The highest BCUT2D eigenvalue weighted by Crippen LogP contribution is 2.31. The van der Waals surface area contributed by atoms with Gasteiger partial charge in [-0.25, -0.2) is 4.98 Å². The van der Waals surface area contributed by atoms with E-state index in [0.29, 0.717) is 15.9 Å². The molecule has 0 spiro atoms. The molecule has 0 atom stereocenters. The first kappa shape index (κ1) is 18.4. The van der Waals surface area contributed by atoms with Crippen molar-refractivity contribution in [3.05, 3.63) is 63.5 Å². The number of benzene rings is 2. The standard InChI is InChI=1S/C20H19ClN2O2S/c1-12-7-13(2)9-17(8-12)25-11-18(24)22-20-23-19(14(3)26-20)15-5-4-6-16(21)10-15/h4-10H,11H2,1-3H3,(H,22,23,24). The summed E-state index contributed by atoms with van der Waals surface area (Å²) in [6.07, 6.45) is 0. The Bertz CT molecular complexity index is 932. The van der Waals surface area contributed by atoms with E-state index in [4.69, 9.17) is 16.3 Å². The van der Waals surface area contributed by atoms with Crippen LogP contribution < -0.4 is 10.1 Å². The van der Waals surface area contributed by atoms with Crippen LogP contribution in [0.2, 0.25) is 5.02 Å². The molecule has 6 heteroatoms. The summed E-state index contributed by atoms with van der Waals surface area (Å²) in [7, 11) is 0. The highest BCUT2D eigenvalue weighted by Gasteiger charge is 2.13. The minimum Gasteiger partial charge on any atom is -0.484 e. The second-order valence-electron chi connectivity index (χ2n) is 6.09. The van der Waals surface area contributed by atoms with Gasteiger partial charge in [0.05, 0.1) is 5.69 Å². The molecule has 0 aliphatic carbocycles. The minimum atomic E-state index is -0.240. The fraction of sp³-hybridized carbons (Fsp3) is 0.200. The average molecular weight is 387 g/mol. The fourth-order valence-corrected chi connectivity index (χ4v) is 3.72. The molecule has 1 heterocycles. The van der Waals surface area contributed by atoms with Gasteiger partial charge in [-0.1, -0.05) is 29.8 Å². The van der Waals surface area contributed by atoms with Gasteiger partial charge in [0.25, 0.3) is 5.91 Å². The van der Waals surface area contributed by atoms with Gasteiger partial charge in [-0.3, -0.25) is 10.1 Å². The Morgan fingerprint density at radius 3 is 2.58 bits per heavy atom. The molecule has 0 saturated heterocycles. The van der Waals surface area contributed by atoms with E-state index in [1.807, 2.05) is 57.2 Å². The first-order valence-corrected chi connectivity index (χ1v) is 9.34. The molecule has 1 aromatic heterocycles. The molecule has 1 N–H and O–H groups in total. The maximum absolute atomic E-state index is 12.2. The quantitative estimate of drug-likeness (QED) is 0.638. The second-order valence-corrected chi connectivity index (χ2v) is 7.73. The lowest BCUT2D eigenvalue weighted by atomic mass is 10.1. The molecule has 0 aliphatic rings. The topological polar surface area (TPSA) is 51.2 Å². The summed E-state index contributed by atoms with van der Waals surface area (Å²) in [4.78, 5) is 17.7. The van der Waals surface area contributed by atoms with Crippen molar-refractivity contribution >= 4 is 34.0 Å². The van der Waals surface area contributed by atoms with Crippen LogP contribution in [0.1, 0.15) is 16.0 Å². The number of carbonyl (C=O) groups excluding carboxylic acids is 1. The molecular weight excluding hydrogens is 368 g/mol. The molecule has 0 aliphatic heterocycles. The number of carbonyl (C=O) groups is 1. The number of ether oxygens (including phenoxy) is 1. The van der Waals surface area contributed by atoms with Crippen LogP contribution in [0.4, 0.5) is 5.13 Å². The molecule has 0 saturated carbocycles. The Morgan fingerprint density at radius 1 is 1.15 bits per heavy atom. The summed E-state index contributed by atoms with van der Waals surface area (Å²) >= 11 is 7.48. The van der Waals surface area contributed by atoms with Gasteiger partial charge >= 0.3 is 0 Å². The van der Waals surface area contributed by atoms with Gasteiger partial charge in [0.15, 0.2) is 11.7 Å². The number of hydrogen-bond acceptors (Lipinski definition) is 4. The fourth-order valence-electron chi connectivity index (χ4n) is 2.67. The van der Waals surface area contributed by atoms with Crippen molar-refractivity contribution in [1.82, 2.24) is 4.98 Å². The Kier molecular flexibility index (Phi) is 5.59. The predicted octanol–water partition coefficient (Wildman–Crippen LogP) is 5.41. The molecule has 2 aromatic carbocycles. The normalized spacial score (nSPS) is 10.6. The van der Waals surface area contributed by atoms with E-state index in [9.17, 15) is 4.79 Å². The maximum atomic E-state index is 12.2. The van der Waals surface area contributed by atoms with Crippen LogP contribution in [0.15, 0.2) is 42.5 Å². The Morgan fingerprint density at radius 2 is 1.88 bits per heavy atom. The molecular formula is C20H19ClN2O2S. The third-order valence-corrected chi connectivity index (χ3v) is 4.83. The van der Waals surface area contributed by atoms with Crippen molar-refractivity contribution in [3.8, 4) is 17.0 Å². The summed E-state index contributed by atoms with van der Waals surface area (Å²) in [5, 5.41) is 4.00. The van der Waals surface area contributed by atoms with E-state index in [0.717, 1.165) is 27.3 Å². The number of rotatable bonds is 5.